The van der Waals surface area contributed by atoms with Gasteiger partial charge >= 0.3 is 0 Å². The van der Waals surface area contributed by atoms with E-state index < -0.39 is 0 Å². The second kappa shape index (κ2) is 7.62. The molecule has 0 aliphatic heterocycles. The Kier molecular flexibility index (Phi) is 4.47. The Balaban J connectivity index is 1.47. The minimum Gasteiger partial charge on any atom is -0.347 e. The lowest BCUT2D eigenvalue weighted by Gasteiger charge is -2.08. The summed E-state index contributed by atoms with van der Waals surface area (Å²) in [4.78, 5) is 18.2. The highest BCUT2D eigenvalue weighted by Crippen LogP contribution is 2.36. The molecule has 6 aromatic rings. The number of hydrogen-bond donors (Lipinski definition) is 1. The van der Waals surface area contributed by atoms with E-state index in [1.807, 2.05) is 59.1 Å². The Morgan fingerprint density at radius 1 is 0.844 bits per heavy atom. The number of hydrogen-bond acceptors (Lipinski definition) is 3. The van der Waals surface area contributed by atoms with Crippen LogP contribution in [0.3, 0.4) is 0 Å². The number of nitrogens with one attached hydrogen (secondary N) is 1. The highest BCUT2D eigenvalue weighted by molar-refractivity contribution is 7.25. The molecule has 0 radical (unpaired) electrons. The minimum atomic E-state index is -0.141. The van der Waals surface area contributed by atoms with Crippen LogP contribution >= 0.6 is 11.3 Å². The molecular formula is C27H19N3OS. The van der Waals surface area contributed by atoms with Crippen LogP contribution in [0, 0.1) is 0 Å². The first kappa shape index (κ1) is 18.8. The summed E-state index contributed by atoms with van der Waals surface area (Å²) in [6.45, 7) is 0.466. The molecule has 0 fully saturated rings. The van der Waals surface area contributed by atoms with E-state index in [1.165, 1.54) is 20.2 Å². The zero-order chi connectivity index (χ0) is 21.5. The van der Waals surface area contributed by atoms with Crippen molar-refractivity contribution in [2.24, 2.45) is 0 Å². The van der Waals surface area contributed by atoms with Crippen LogP contribution in [0.1, 0.15) is 16.1 Å². The molecule has 3 aromatic carbocycles. The first-order chi connectivity index (χ1) is 15.8. The lowest BCUT2D eigenvalue weighted by molar-refractivity contribution is 0.0945. The van der Waals surface area contributed by atoms with Gasteiger partial charge in [-0.15, -0.1) is 11.3 Å². The number of carbonyl (C=O) groups excluding carboxylic acids is 1. The highest BCUT2D eigenvalue weighted by atomic mass is 32.1. The molecule has 4 nitrogen and oxygen atoms in total. The lowest BCUT2D eigenvalue weighted by Crippen LogP contribution is -2.24. The number of aromatic nitrogens is 2. The zero-order valence-corrected chi connectivity index (χ0v) is 18.0. The predicted octanol–water partition coefficient (Wildman–Crippen LogP) is 6.30. The van der Waals surface area contributed by atoms with E-state index in [0.717, 1.165) is 16.8 Å². The number of thiophene rings is 1. The minimum absolute atomic E-state index is 0.141. The van der Waals surface area contributed by atoms with E-state index in [2.05, 4.69) is 47.8 Å². The summed E-state index contributed by atoms with van der Waals surface area (Å²) in [6.07, 6.45) is 1.89. The van der Waals surface area contributed by atoms with Crippen LogP contribution < -0.4 is 5.32 Å². The Morgan fingerprint density at radius 2 is 1.62 bits per heavy atom. The molecule has 3 aromatic heterocycles. The predicted molar refractivity (Wildman–Crippen MR) is 131 cm³/mol. The van der Waals surface area contributed by atoms with Crippen LogP contribution in [0.15, 0.2) is 97.2 Å². The van der Waals surface area contributed by atoms with Crippen LogP contribution in [0.25, 0.3) is 37.1 Å². The monoisotopic (exact) mass is 433 g/mol. The van der Waals surface area contributed by atoms with Crippen molar-refractivity contribution >= 4 is 43.1 Å². The number of nitrogens with zero attached hydrogens (tertiary/aromatic N) is 2. The van der Waals surface area contributed by atoms with Gasteiger partial charge in [0, 0.05) is 38.5 Å². The van der Waals surface area contributed by atoms with Gasteiger partial charge in [-0.3, -0.25) is 9.20 Å². The number of imidazole rings is 1. The third-order valence-electron chi connectivity index (χ3n) is 5.69. The number of amides is 1. The maximum absolute atomic E-state index is 13.3. The van der Waals surface area contributed by atoms with Crippen LogP contribution in [0.2, 0.25) is 0 Å². The average Bonchev–Trinajstić information content (AvgIpc) is 3.41. The quantitative estimate of drug-likeness (QED) is 0.355. The molecule has 0 aliphatic carbocycles. The number of carbonyl (C=O) groups is 1. The molecule has 3 heterocycles. The van der Waals surface area contributed by atoms with E-state index in [1.54, 1.807) is 11.3 Å². The maximum atomic E-state index is 13.3. The highest BCUT2D eigenvalue weighted by Gasteiger charge is 2.21. The second-order valence-electron chi connectivity index (χ2n) is 7.72. The number of fused-ring (bicyclic) bond motifs is 4. The van der Waals surface area contributed by atoms with Crippen molar-refractivity contribution in [1.82, 2.24) is 14.7 Å². The van der Waals surface area contributed by atoms with Crippen LogP contribution in [-0.2, 0) is 6.54 Å². The van der Waals surface area contributed by atoms with Gasteiger partial charge in [-0.25, -0.2) is 4.98 Å². The van der Waals surface area contributed by atoms with Gasteiger partial charge in [0.05, 0.1) is 0 Å². The molecule has 0 spiro atoms. The fourth-order valence-corrected chi connectivity index (χ4v) is 5.24. The fraction of sp³-hybridized carbons (Fsp3) is 0.0370. The summed E-state index contributed by atoms with van der Waals surface area (Å²) in [5, 5.41) is 5.49. The van der Waals surface area contributed by atoms with Crippen molar-refractivity contribution in [2.45, 2.75) is 6.54 Å². The Labute approximate surface area is 188 Å². The van der Waals surface area contributed by atoms with Crippen molar-refractivity contribution in [3.63, 3.8) is 0 Å². The van der Waals surface area contributed by atoms with Gasteiger partial charge in [-0.05, 0) is 35.9 Å². The number of rotatable bonds is 4. The summed E-state index contributed by atoms with van der Waals surface area (Å²) >= 11 is 1.78. The molecule has 1 N–H and O–H groups in total. The van der Waals surface area contributed by atoms with E-state index in [4.69, 9.17) is 4.98 Å². The van der Waals surface area contributed by atoms with E-state index in [0.29, 0.717) is 17.9 Å². The molecule has 32 heavy (non-hydrogen) atoms. The van der Waals surface area contributed by atoms with Gasteiger partial charge in [-0.1, -0.05) is 60.7 Å². The maximum Gasteiger partial charge on any atom is 0.270 e. The van der Waals surface area contributed by atoms with Crippen molar-refractivity contribution in [3.05, 3.63) is 108 Å². The molecule has 0 bridgehead atoms. The normalized spacial score (nSPS) is 11.4. The molecule has 0 atom stereocenters. The lowest BCUT2D eigenvalue weighted by atomic mass is 10.1. The third kappa shape index (κ3) is 3.15. The Bertz CT molecular complexity index is 1600. The Hall–Kier alpha value is -3.96. The van der Waals surface area contributed by atoms with E-state index in [-0.39, 0.29) is 5.91 Å². The first-order valence-electron chi connectivity index (χ1n) is 10.5. The van der Waals surface area contributed by atoms with Gasteiger partial charge in [0.25, 0.3) is 5.91 Å². The number of benzene rings is 3. The molecule has 5 heteroatoms. The van der Waals surface area contributed by atoms with Gasteiger partial charge in [-0.2, -0.15) is 0 Å². The smallest absolute Gasteiger partial charge is 0.270 e. The molecule has 0 saturated carbocycles. The van der Waals surface area contributed by atoms with E-state index in [9.17, 15) is 4.79 Å². The SMILES string of the molecule is O=C(NCc1ccccc1)c1c(-c2ccc3sc4ccccc4c3c2)nc2ccccn12. The topological polar surface area (TPSA) is 46.4 Å². The fourth-order valence-electron chi connectivity index (χ4n) is 4.15. The molecule has 154 valence electrons. The van der Waals surface area contributed by atoms with Crippen molar-refractivity contribution in [2.75, 3.05) is 0 Å². The van der Waals surface area contributed by atoms with Gasteiger partial charge in [0.1, 0.15) is 17.0 Å². The summed E-state index contributed by atoms with van der Waals surface area (Å²) in [5.74, 6) is -0.141. The zero-order valence-electron chi connectivity index (χ0n) is 17.2. The molecule has 0 aliphatic rings. The molecular weight excluding hydrogens is 414 g/mol. The van der Waals surface area contributed by atoms with Gasteiger partial charge in [0.15, 0.2) is 0 Å². The number of pyridine rings is 1. The summed E-state index contributed by atoms with van der Waals surface area (Å²) in [6, 6.07) is 30.5. The van der Waals surface area contributed by atoms with Crippen molar-refractivity contribution < 1.29 is 4.79 Å². The third-order valence-corrected chi connectivity index (χ3v) is 6.84. The summed E-state index contributed by atoms with van der Waals surface area (Å²) in [7, 11) is 0. The van der Waals surface area contributed by atoms with Crippen molar-refractivity contribution in [1.29, 1.82) is 0 Å². The molecule has 0 unspecified atom stereocenters. The van der Waals surface area contributed by atoms with Gasteiger partial charge in [0.2, 0.25) is 0 Å². The molecule has 0 saturated heterocycles. The average molecular weight is 434 g/mol. The summed E-state index contributed by atoms with van der Waals surface area (Å²) in [5.41, 5.74) is 3.99. The summed E-state index contributed by atoms with van der Waals surface area (Å²) < 4.78 is 4.36. The first-order valence-corrected chi connectivity index (χ1v) is 11.3. The van der Waals surface area contributed by atoms with E-state index >= 15 is 0 Å². The van der Waals surface area contributed by atoms with Crippen LogP contribution in [-0.4, -0.2) is 15.3 Å². The largest absolute Gasteiger partial charge is 0.347 e. The van der Waals surface area contributed by atoms with Crippen LogP contribution in [0.4, 0.5) is 0 Å². The standard InChI is InChI=1S/C27H19N3OS/c31-27(28-17-18-8-2-1-3-9-18)26-25(29-24-12-6-7-15-30(24)26)19-13-14-23-21(16-19)20-10-4-5-11-22(20)32-23/h1-16H,17H2,(H,28,31). The van der Waals surface area contributed by atoms with Gasteiger partial charge < -0.3 is 5.32 Å². The van der Waals surface area contributed by atoms with Crippen molar-refractivity contribution in [3.8, 4) is 11.3 Å². The second-order valence-corrected chi connectivity index (χ2v) is 8.80. The van der Waals surface area contributed by atoms with Crippen LogP contribution in [0.5, 0.6) is 0 Å². The molecule has 6 rings (SSSR count). The Morgan fingerprint density at radius 3 is 2.53 bits per heavy atom. The molecule has 1 amide bonds.